The quantitative estimate of drug-likeness (QED) is 0.622. The van der Waals surface area contributed by atoms with Crippen molar-refractivity contribution in [1.82, 2.24) is 5.06 Å². The van der Waals surface area contributed by atoms with E-state index in [-0.39, 0.29) is 23.0 Å². The Bertz CT molecular complexity index is 323. The summed E-state index contributed by atoms with van der Waals surface area (Å²) in [6.45, 7) is 12.1. The number of rotatable bonds is 5. The summed E-state index contributed by atoms with van der Waals surface area (Å²) in [5, 5.41) is 11.7. The summed E-state index contributed by atoms with van der Waals surface area (Å²) in [7, 11) is 0. The average molecular weight is 287 g/mol. The number of carbonyl (C=O) groups excluding carboxylic acids is 1. The lowest BCUT2D eigenvalue weighted by Crippen LogP contribution is -2.59. The van der Waals surface area contributed by atoms with Crippen molar-refractivity contribution in [3.63, 3.8) is 0 Å². The van der Waals surface area contributed by atoms with Crippen molar-refractivity contribution < 1.29 is 19.5 Å². The standard InChI is InChI=1S/C15H29NO4/c1-7-19-11(2)20-13(17)8-12-9-14(3,4)16(18)15(5,6)10-12/h11-12,18H,7-10H2,1-6H3. The van der Waals surface area contributed by atoms with E-state index >= 15 is 0 Å². The van der Waals surface area contributed by atoms with Crippen LogP contribution in [0.15, 0.2) is 0 Å². The van der Waals surface area contributed by atoms with Gasteiger partial charge in [-0.2, -0.15) is 5.06 Å². The number of nitrogens with zero attached hydrogens (tertiary/aromatic N) is 1. The first-order valence-corrected chi connectivity index (χ1v) is 7.39. The molecule has 0 aromatic rings. The topological polar surface area (TPSA) is 59.0 Å². The largest absolute Gasteiger partial charge is 0.436 e. The fraction of sp³-hybridized carbons (Fsp3) is 0.933. The molecule has 0 spiro atoms. The van der Waals surface area contributed by atoms with E-state index in [1.165, 1.54) is 5.06 Å². The van der Waals surface area contributed by atoms with Crippen molar-refractivity contribution in [2.24, 2.45) is 5.92 Å². The molecule has 0 saturated carbocycles. The second-order valence-corrected chi connectivity index (χ2v) is 6.93. The zero-order valence-electron chi connectivity index (χ0n) is 13.6. The fourth-order valence-corrected chi connectivity index (χ4v) is 3.36. The van der Waals surface area contributed by atoms with Crippen LogP contribution < -0.4 is 0 Å². The molecule has 1 atom stereocenters. The van der Waals surface area contributed by atoms with Crippen LogP contribution in [0.5, 0.6) is 0 Å². The number of piperidine rings is 1. The molecule has 20 heavy (non-hydrogen) atoms. The van der Waals surface area contributed by atoms with Gasteiger partial charge < -0.3 is 14.7 Å². The van der Waals surface area contributed by atoms with Gasteiger partial charge in [-0.15, -0.1) is 0 Å². The third-order valence-corrected chi connectivity index (χ3v) is 3.88. The second kappa shape index (κ2) is 6.41. The lowest BCUT2D eigenvalue weighted by molar-refractivity contribution is -0.251. The highest BCUT2D eigenvalue weighted by molar-refractivity contribution is 5.69. The van der Waals surface area contributed by atoms with Crippen molar-refractivity contribution >= 4 is 5.97 Å². The van der Waals surface area contributed by atoms with Crippen LogP contribution in [-0.4, -0.2) is 40.2 Å². The highest BCUT2D eigenvalue weighted by atomic mass is 16.7. The maximum Gasteiger partial charge on any atom is 0.308 e. The summed E-state index contributed by atoms with van der Waals surface area (Å²) in [6.07, 6.45) is 1.42. The third kappa shape index (κ3) is 4.43. The Labute approximate surface area is 122 Å². The molecule has 0 amide bonds. The lowest BCUT2D eigenvalue weighted by atomic mass is 9.74. The average Bonchev–Trinajstić information content (AvgIpc) is 2.24. The summed E-state index contributed by atoms with van der Waals surface area (Å²) in [4.78, 5) is 11.9. The minimum absolute atomic E-state index is 0.213. The molecule has 5 nitrogen and oxygen atoms in total. The molecule has 1 aliphatic rings. The summed E-state index contributed by atoms with van der Waals surface area (Å²) < 4.78 is 10.4. The van der Waals surface area contributed by atoms with Gasteiger partial charge in [0.2, 0.25) is 0 Å². The van der Waals surface area contributed by atoms with Crippen LogP contribution >= 0.6 is 0 Å². The van der Waals surface area contributed by atoms with Gasteiger partial charge in [-0.25, -0.2) is 0 Å². The van der Waals surface area contributed by atoms with E-state index in [9.17, 15) is 10.0 Å². The van der Waals surface area contributed by atoms with Crippen molar-refractivity contribution in [1.29, 1.82) is 0 Å². The Balaban J connectivity index is 2.58. The molecule has 0 bridgehead atoms. The molecule has 5 heteroatoms. The first-order chi connectivity index (χ1) is 9.08. The highest BCUT2D eigenvalue weighted by Crippen LogP contribution is 2.41. The molecule has 1 heterocycles. The molecular weight excluding hydrogens is 258 g/mol. The van der Waals surface area contributed by atoms with Gasteiger partial charge in [-0.1, -0.05) is 0 Å². The number of hydrogen-bond donors (Lipinski definition) is 1. The van der Waals surface area contributed by atoms with Gasteiger partial charge >= 0.3 is 5.97 Å². The Morgan fingerprint density at radius 1 is 1.30 bits per heavy atom. The van der Waals surface area contributed by atoms with Gasteiger partial charge in [0.05, 0.1) is 0 Å². The van der Waals surface area contributed by atoms with Crippen molar-refractivity contribution in [2.45, 2.75) is 78.2 Å². The van der Waals surface area contributed by atoms with E-state index in [0.717, 1.165) is 12.8 Å². The SMILES string of the molecule is CCOC(C)OC(=O)CC1CC(C)(C)N(O)C(C)(C)C1. The third-order valence-electron chi connectivity index (χ3n) is 3.88. The number of esters is 1. The second-order valence-electron chi connectivity index (χ2n) is 6.93. The molecule has 0 aromatic carbocycles. The van der Waals surface area contributed by atoms with Gasteiger partial charge in [-0.3, -0.25) is 4.79 Å². The molecule has 1 aliphatic heterocycles. The zero-order valence-corrected chi connectivity index (χ0v) is 13.6. The minimum atomic E-state index is -0.494. The molecular formula is C15H29NO4. The molecule has 1 fully saturated rings. The molecule has 1 rings (SSSR count). The Kier molecular flexibility index (Phi) is 5.58. The van der Waals surface area contributed by atoms with Crippen LogP contribution in [0.4, 0.5) is 0 Å². The summed E-state index contributed by atoms with van der Waals surface area (Å²) in [5.74, 6) is -0.0151. The van der Waals surface area contributed by atoms with Crippen molar-refractivity contribution in [3.05, 3.63) is 0 Å². The highest BCUT2D eigenvalue weighted by Gasteiger charge is 2.45. The molecule has 0 radical (unpaired) electrons. The van der Waals surface area contributed by atoms with Crippen LogP contribution in [0.3, 0.4) is 0 Å². The van der Waals surface area contributed by atoms with E-state index in [2.05, 4.69) is 0 Å². The zero-order chi connectivity index (χ0) is 15.6. The van der Waals surface area contributed by atoms with Crippen LogP contribution in [0.2, 0.25) is 0 Å². The van der Waals surface area contributed by atoms with Crippen LogP contribution in [0, 0.1) is 5.92 Å². The van der Waals surface area contributed by atoms with Crippen LogP contribution in [0.1, 0.15) is 60.8 Å². The van der Waals surface area contributed by atoms with Crippen molar-refractivity contribution in [3.8, 4) is 0 Å². The maximum atomic E-state index is 11.9. The predicted molar refractivity (Wildman–Crippen MR) is 76.3 cm³/mol. The van der Waals surface area contributed by atoms with Gasteiger partial charge in [0.25, 0.3) is 0 Å². The minimum Gasteiger partial charge on any atom is -0.436 e. The van der Waals surface area contributed by atoms with Gasteiger partial charge in [0.1, 0.15) is 0 Å². The monoisotopic (exact) mass is 287 g/mol. The van der Waals surface area contributed by atoms with E-state index in [4.69, 9.17) is 9.47 Å². The van der Waals surface area contributed by atoms with Gasteiger partial charge in [-0.05, 0) is 60.3 Å². The van der Waals surface area contributed by atoms with E-state index < -0.39 is 6.29 Å². The summed E-state index contributed by atoms with van der Waals surface area (Å²) in [6, 6.07) is 0. The first kappa shape index (κ1) is 17.4. The first-order valence-electron chi connectivity index (χ1n) is 7.39. The van der Waals surface area contributed by atoms with Gasteiger partial charge in [0, 0.05) is 24.1 Å². The summed E-state index contributed by atoms with van der Waals surface area (Å²) in [5.41, 5.74) is -0.670. The number of hydroxylamine groups is 2. The molecule has 118 valence electrons. The number of ether oxygens (including phenoxy) is 2. The van der Waals surface area contributed by atoms with E-state index in [1.807, 2.05) is 34.6 Å². The Morgan fingerprint density at radius 3 is 2.25 bits per heavy atom. The normalized spacial score (nSPS) is 24.4. The Morgan fingerprint density at radius 2 is 1.80 bits per heavy atom. The number of carbonyl (C=O) groups is 1. The van der Waals surface area contributed by atoms with Crippen LogP contribution in [-0.2, 0) is 14.3 Å². The smallest absolute Gasteiger partial charge is 0.308 e. The van der Waals surface area contributed by atoms with E-state index in [0.29, 0.717) is 13.0 Å². The molecule has 0 aromatic heterocycles. The molecule has 1 unspecified atom stereocenters. The maximum absolute atomic E-state index is 11.9. The summed E-state index contributed by atoms with van der Waals surface area (Å²) >= 11 is 0. The molecule has 0 aliphatic carbocycles. The number of hydrogen-bond acceptors (Lipinski definition) is 5. The van der Waals surface area contributed by atoms with Gasteiger partial charge in [0.15, 0.2) is 6.29 Å². The van der Waals surface area contributed by atoms with Crippen molar-refractivity contribution in [2.75, 3.05) is 6.61 Å². The fourth-order valence-electron chi connectivity index (χ4n) is 3.36. The molecule has 1 saturated heterocycles. The Hall–Kier alpha value is -0.650. The van der Waals surface area contributed by atoms with Crippen LogP contribution in [0.25, 0.3) is 0 Å². The van der Waals surface area contributed by atoms with E-state index in [1.54, 1.807) is 6.92 Å². The lowest BCUT2D eigenvalue weighted by Gasteiger charge is -2.51. The predicted octanol–water partition coefficient (Wildman–Crippen LogP) is 2.96. The molecule has 1 N–H and O–H groups in total.